The van der Waals surface area contributed by atoms with Gasteiger partial charge in [-0.2, -0.15) is 0 Å². The first-order valence-electron chi connectivity index (χ1n) is 6.80. The first kappa shape index (κ1) is 13.3. The van der Waals surface area contributed by atoms with Gasteiger partial charge in [-0.3, -0.25) is 0 Å². The summed E-state index contributed by atoms with van der Waals surface area (Å²) in [6.45, 7) is 6.12. The van der Waals surface area contributed by atoms with Crippen molar-refractivity contribution < 1.29 is 4.79 Å². The standard InChI is InChI=1S/C13H26N2O/c1-3-4-5-7-10-14-13(16)15-11-8-6-9-12(15)2/h12H,3-11H2,1-2H3,(H,14,16)/t12-/m0/s1. The topological polar surface area (TPSA) is 32.3 Å². The van der Waals surface area contributed by atoms with Crippen molar-refractivity contribution >= 4 is 6.03 Å². The van der Waals surface area contributed by atoms with Crippen LogP contribution in [0.1, 0.15) is 58.8 Å². The van der Waals surface area contributed by atoms with Crippen LogP contribution in [0.3, 0.4) is 0 Å². The van der Waals surface area contributed by atoms with Crippen molar-refractivity contribution in [3.8, 4) is 0 Å². The summed E-state index contributed by atoms with van der Waals surface area (Å²) in [6, 6.07) is 0.563. The van der Waals surface area contributed by atoms with Crippen LogP contribution in [0.15, 0.2) is 0 Å². The first-order chi connectivity index (χ1) is 7.75. The van der Waals surface area contributed by atoms with E-state index < -0.39 is 0 Å². The Morgan fingerprint density at radius 3 is 2.81 bits per heavy atom. The molecule has 0 unspecified atom stereocenters. The van der Waals surface area contributed by atoms with E-state index in [0.29, 0.717) is 6.04 Å². The number of carbonyl (C=O) groups is 1. The van der Waals surface area contributed by atoms with Crippen LogP contribution in [0, 0.1) is 0 Å². The second kappa shape index (κ2) is 7.53. The highest BCUT2D eigenvalue weighted by molar-refractivity contribution is 5.74. The molecule has 0 aliphatic carbocycles. The highest BCUT2D eigenvalue weighted by Crippen LogP contribution is 2.16. The Kier molecular flexibility index (Phi) is 6.27. The fourth-order valence-electron chi connectivity index (χ4n) is 2.25. The molecule has 0 saturated carbocycles. The molecule has 0 spiro atoms. The zero-order chi connectivity index (χ0) is 11.8. The molecule has 1 saturated heterocycles. The van der Waals surface area contributed by atoms with Gasteiger partial charge in [0.25, 0.3) is 0 Å². The van der Waals surface area contributed by atoms with Gasteiger partial charge in [0, 0.05) is 19.1 Å². The molecule has 0 radical (unpaired) electrons. The van der Waals surface area contributed by atoms with Gasteiger partial charge in [0.2, 0.25) is 0 Å². The average molecular weight is 226 g/mol. The van der Waals surface area contributed by atoms with Gasteiger partial charge in [-0.05, 0) is 32.6 Å². The lowest BCUT2D eigenvalue weighted by Crippen LogP contribution is -2.47. The van der Waals surface area contributed by atoms with Crippen molar-refractivity contribution in [1.29, 1.82) is 0 Å². The van der Waals surface area contributed by atoms with Crippen LogP contribution in [0.25, 0.3) is 0 Å². The molecule has 0 bridgehead atoms. The molecule has 2 amide bonds. The molecule has 3 heteroatoms. The Morgan fingerprint density at radius 1 is 1.31 bits per heavy atom. The lowest BCUT2D eigenvalue weighted by Gasteiger charge is -2.33. The van der Waals surface area contributed by atoms with Crippen molar-refractivity contribution in [2.75, 3.05) is 13.1 Å². The molecule has 16 heavy (non-hydrogen) atoms. The monoisotopic (exact) mass is 226 g/mol. The van der Waals surface area contributed by atoms with Crippen LogP contribution < -0.4 is 5.32 Å². The van der Waals surface area contributed by atoms with E-state index in [1.165, 1.54) is 25.7 Å². The van der Waals surface area contributed by atoms with Crippen molar-refractivity contribution in [2.24, 2.45) is 0 Å². The van der Waals surface area contributed by atoms with Crippen LogP contribution in [-0.4, -0.2) is 30.1 Å². The molecular weight excluding hydrogens is 200 g/mol. The Morgan fingerprint density at radius 2 is 2.12 bits per heavy atom. The van der Waals surface area contributed by atoms with Gasteiger partial charge >= 0.3 is 6.03 Å². The van der Waals surface area contributed by atoms with Crippen molar-refractivity contribution in [3.63, 3.8) is 0 Å². The average Bonchev–Trinajstić information content (AvgIpc) is 2.29. The summed E-state index contributed by atoms with van der Waals surface area (Å²) < 4.78 is 0. The minimum Gasteiger partial charge on any atom is -0.338 e. The number of likely N-dealkylation sites (tertiary alicyclic amines) is 1. The van der Waals surface area contributed by atoms with Crippen LogP contribution in [-0.2, 0) is 0 Å². The maximum Gasteiger partial charge on any atom is 0.317 e. The van der Waals surface area contributed by atoms with Gasteiger partial charge in [-0.25, -0.2) is 4.79 Å². The molecule has 1 N–H and O–H groups in total. The van der Waals surface area contributed by atoms with E-state index in [1.54, 1.807) is 0 Å². The lowest BCUT2D eigenvalue weighted by molar-refractivity contribution is 0.158. The Balaban J connectivity index is 2.13. The minimum absolute atomic E-state index is 0.142. The zero-order valence-electron chi connectivity index (χ0n) is 10.8. The van der Waals surface area contributed by atoms with Gasteiger partial charge < -0.3 is 10.2 Å². The SMILES string of the molecule is CCCCCCNC(=O)N1CCCC[C@@H]1C. The number of rotatable bonds is 5. The molecule has 94 valence electrons. The maximum absolute atomic E-state index is 11.9. The molecule has 0 aromatic carbocycles. The molecule has 1 fully saturated rings. The number of hydrogen-bond donors (Lipinski definition) is 1. The summed E-state index contributed by atoms with van der Waals surface area (Å²) >= 11 is 0. The summed E-state index contributed by atoms with van der Waals surface area (Å²) in [7, 11) is 0. The highest BCUT2D eigenvalue weighted by atomic mass is 16.2. The predicted octanol–water partition coefficient (Wildman–Crippen LogP) is 3.15. The molecule has 1 atom stereocenters. The Labute approximate surface area is 99.6 Å². The normalized spacial score (nSPS) is 20.9. The molecule has 1 rings (SSSR count). The second-order valence-corrected chi connectivity index (χ2v) is 4.83. The lowest BCUT2D eigenvalue weighted by atomic mass is 10.0. The smallest absolute Gasteiger partial charge is 0.317 e. The number of piperidine rings is 1. The minimum atomic E-state index is 0.142. The molecule has 1 heterocycles. The zero-order valence-corrected chi connectivity index (χ0v) is 10.8. The number of unbranched alkanes of at least 4 members (excludes halogenated alkanes) is 3. The molecule has 0 aromatic rings. The van der Waals surface area contributed by atoms with E-state index >= 15 is 0 Å². The third-order valence-electron chi connectivity index (χ3n) is 3.37. The van der Waals surface area contributed by atoms with Gasteiger partial charge in [0.05, 0.1) is 0 Å². The van der Waals surface area contributed by atoms with Crippen molar-refractivity contribution in [2.45, 2.75) is 64.8 Å². The van der Waals surface area contributed by atoms with Gasteiger partial charge in [-0.1, -0.05) is 26.2 Å². The number of urea groups is 1. The number of hydrogen-bond acceptors (Lipinski definition) is 1. The summed E-state index contributed by atoms with van der Waals surface area (Å²) in [5.41, 5.74) is 0. The summed E-state index contributed by atoms with van der Waals surface area (Å²) in [6.07, 6.45) is 8.44. The fraction of sp³-hybridized carbons (Fsp3) is 0.923. The predicted molar refractivity (Wildman–Crippen MR) is 67.6 cm³/mol. The maximum atomic E-state index is 11.9. The second-order valence-electron chi connectivity index (χ2n) is 4.83. The molecule has 1 aliphatic rings. The number of carbonyl (C=O) groups excluding carboxylic acids is 1. The summed E-state index contributed by atoms with van der Waals surface area (Å²) in [4.78, 5) is 13.8. The fourth-order valence-corrected chi connectivity index (χ4v) is 2.25. The van der Waals surface area contributed by atoms with Crippen molar-refractivity contribution in [1.82, 2.24) is 10.2 Å². The third-order valence-corrected chi connectivity index (χ3v) is 3.37. The van der Waals surface area contributed by atoms with Crippen LogP contribution >= 0.6 is 0 Å². The molecule has 3 nitrogen and oxygen atoms in total. The van der Waals surface area contributed by atoms with E-state index in [0.717, 1.165) is 32.4 Å². The van der Waals surface area contributed by atoms with Gasteiger partial charge in [0.1, 0.15) is 0 Å². The summed E-state index contributed by atoms with van der Waals surface area (Å²) in [5.74, 6) is 0. The van der Waals surface area contributed by atoms with Crippen LogP contribution in [0.2, 0.25) is 0 Å². The van der Waals surface area contributed by atoms with E-state index in [4.69, 9.17) is 0 Å². The van der Waals surface area contributed by atoms with Crippen LogP contribution in [0.5, 0.6) is 0 Å². The van der Waals surface area contributed by atoms with Gasteiger partial charge in [0.15, 0.2) is 0 Å². The van der Waals surface area contributed by atoms with E-state index in [2.05, 4.69) is 19.2 Å². The largest absolute Gasteiger partial charge is 0.338 e. The van der Waals surface area contributed by atoms with E-state index in [-0.39, 0.29) is 6.03 Å². The Hall–Kier alpha value is -0.730. The highest BCUT2D eigenvalue weighted by Gasteiger charge is 2.22. The number of nitrogens with one attached hydrogen (secondary N) is 1. The molecular formula is C13H26N2O. The summed E-state index contributed by atoms with van der Waals surface area (Å²) in [5, 5.41) is 3.03. The molecule has 0 aromatic heterocycles. The third kappa shape index (κ3) is 4.42. The van der Waals surface area contributed by atoms with E-state index in [1.807, 2.05) is 4.90 Å². The first-order valence-corrected chi connectivity index (χ1v) is 6.80. The van der Waals surface area contributed by atoms with Crippen LogP contribution in [0.4, 0.5) is 4.79 Å². The molecule has 1 aliphatic heterocycles. The number of amides is 2. The quantitative estimate of drug-likeness (QED) is 0.718. The number of nitrogens with zero attached hydrogens (tertiary/aromatic N) is 1. The van der Waals surface area contributed by atoms with Gasteiger partial charge in [-0.15, -0.1) is 0 Å². The van der Waals surface area contributed by atoms with Crippen molar-refractivity contribution in [3.05, 3.63) is 0 Å². The Bertz CT molecular complexity index is 206. The van der Waals surface area contributed by atoms with E-state index in [9.17, 15) is 4.79 Å².